The van der Waals surface area contributed by atoms with Crippen LogP contribution in [0.5, 0.6) is 11.5 Å². The standard InChI is InChI=1S/C7H5FINO2/c8-3-1-4(9)6-7(5(3)10)12-2-11-6/h1H,2,10H2. The maximum Gasteiger partial charge on any atom is 0.231 e. The molecule has 0 aromatic heterocycles. The van der Waals surface area contributed by atoms with Gasteiger partial charge in [-0.05, 0) is 28.7 Å². The minimum absolute atomic E-state index is 0.0166. The molecule has 1 heterocycles. The van der Waals surface area contributed by atoms with Crippen molar-refractivity contribution in [3.05, 3.63) is 15.5 Å². The third-order valence-corrected chi connectivity index (χ3v) is 2.39. The van der Waals surface area contributed by atoms with Crippen molar-refractivity contribution in [2.75, 3.05) is 12.5 Å². The normalized spacial score (nSPS) is 13.5. The van der Waals surface area contributed by atoms with Crippen molar-refractivity contribution >= 4 is 28.3 Å². The van der Waals surface area contributed by atoms with E-state index in [4.69, 9.17) is 15.2 Å². The summed E-state index contributed by atoms with van der Waals surface area (Å²) in [4.78, 5) is 0. The Hall–Kier alpha value is -0.720. The van der Waals surface area contributed by atoms with Crippen LogP contribution in [0.4, 0.5) is 10.1 Å². The van der Waals surface area contributed by atoms with Crippen molar-refractivity contribution in [2.45, 2.75) is 0 Å². The molecule has 0 saturated carbocycles. The Morgan fingerprint density at radius 2 is 2.08 bits per heavy atom. The number of hydrogen-bond acceptors (Lipinski definition) is 3. The lowest BCUT2D eigenvalue weighted by Gasteiger charge is -2.02. The number of anilines is 1. The Bertz CT molecular complexity index is 343. The lowest BCUT2D eigenvalue weighted by molar-refractivity contribution is 0.173. The first-order chi connectivity index (χ1) is 5.70. The third-order valence-electron chi connectivity index (χ3n) is 1.59. The number of hydrogen-bond donors (Lipinski definition) is 1. The van der Waals surface area contributed by atoms with Crippen molar-refractivity contribution in [1.82, 2.24) is 0 Å². The number of halogens is 2. The first kappa shape index (κ1) is 7.90. The minimum atomic E-state index is -0.469. The fourth-order valence-corrected chi connectivity index (χ4v) is 1.69. The molecule has 64 valence electrons. The van der Waals surface area contributed by atoms with Gasteiger partial charge in [0.05, 0.1) is 3.57 Å². The summed E-state index contributed by atoms with van der Waals surface area (Å²) in [6, 6.07) is 1.32. The van der Waals surface area contributed by atoms with Gasteiger partial charge < -0.3 is 15.2 Å². The maximum atomic E-state index is 13.0. The van der Waals surface area contributed by atoms with Crippen molar-refractivity contribution in [3.63, 3.8) is 0 Å². The van der Waals surface area contributed by atoms with Crippen LogP contribution in [0, 0.1) is 9.39 Å². The highest BCUT2D eigenvalue weighted by Crippen LogP contribution is 2.42. The number of benzene rings is 1. The van der Waals surface area contributed by atoms with Gasteiger partial charge in [0, 0.05) is 0 Å². The Kier molecular flexibility index (Phi) is 1.75. The molecule has 3 nitrogen and oxygen atoms in total. The topological polar surface area (TPSA) is 44.5 Å². The molecule has 5 heteroatoms. The Morgan fingerprint density at radius 1 is 1.42 bits per heavy atom. The van der Waals surface area contributed by atoms with Gasteiger partial charge in [0.25, 0.3) is 0 Å². The molecule has 12 heavy (non-hydrogen) atoms. The molecular formula is C7H5FINO2. The molecule has 0 bridgehead atoms. The van der Waals surface area contributed by atoms with Gasteiger partial charge in [0.1, 0.15) is 5.69 Å². The summed E-state index contributed by atoms with van der Waals surface area (Å²) < 4.78 is 23.7. The van der Waals surface area contributed by atoms with E-state index < -0.39 is 5.82 Å². The van der Waals surface area contributed by atoms with Crippen LogP contribution in [-0.4, -0.2) is 6.79 Å². The van der Waals surface area contributed by atoms with E-state index in [2.05, 4.69) is 0 Å². The summed E-state index contributed by atoms with van der Waals surface area (Å²) in [5, 5.41) is 0. The van der Waals surface area contributed by atoms with E-state index in [0.717, 1.165) is 0 Å². The second-order valence-corrected chi connectivity index (χ2v) is 3.48. The van der Waals surface area contributed by atoms with Gasteiger partial charge in [0.15, 0.2) is 17.3 Å². The number of fused-ring (bicyclic) bond motifs is 1. The Labute approximate surface area is 81.8 Å². The monoisotopic (exact) mass is 281 g/mol. The zero-order chi connectivity index (χ0) is 8.72. The average Bonchev–Trinajstić information content (AvgIpc) is 2.48. The van der Waals surface area contributed by atoms with Crippen molar-refractivity contribution in [3.8, 4) is 11.5 Å². The molecule has 1 aromatic carbocycles. The summed E-state index contributed by atoms with van der Waals surface area (Å²) in [5.41, 5.74) is 5.44. The molecule has 0 amide bonds. The van der Waals surface area contributed by atoms with Gasteiger partial charge in [-0.25, -0.2) is 4.39 Å². The smallest absolute Gasteiger partial charge is 0.231 e. The van der Waals surface area contributed by atoms with Crippen LogP contribution < -0.4 is 15.2 Å². The Balaban J connectivity index is 2.69. The van der Waals surface area contributed by atoms with E-state index in [-0.39, 0.29) is 12.5 Å². The molecule has 0 spiro atoms. The number of ether oxygens (including phenoxy) is 2. The van der Waals surface area contributed by atoms with Crippen LogP contribution in [0.1, 0.15) is 0 Å². The number of nitrogen functional groups attached to an aromatic ring is 1. The van der Waals surface area contributed by atoms with Crippen molar-refractivity contribution < 1.29 is 13.9 Å². The summed E-state index contributed by atoms with van der Waals surface area (Å²) in [7, 11) is 0. The fraction of sp³-hybridized carbons (Fsp3) is 0.143. The van der Waals surface area contributed by atoms with E-state index in [1.165, 1.54) is 6.07 Å². The average molecular weight is 281 g/mol. The molecule has 1 aliphatic rings. The van der Waals surface area contributed by atoms with Crippen LogP contribution in [0.2, 0.25) is 0 Å². The van der Waals surface area contributed by atoms with Gasteiger partial charge in [0.2, 0.25) is 6.79 Å². The van der Waals surface area contributed by atoms with Gasteiger partial charge in [-0.1, -0.05) is 0 Å². The number of rotatable bonds is 0. The lowest BCUT2D eigenvalue weighted by atomic mass is 10.2. The highest BCUT2D eigenvalue weighted by Gasteiger charge is 2.22. The summed E-state index contributed by atoms with van der Waals surface area (Å²) in [6.45, 7) is 0.110. The molecule has 0 unspecified atom stereocenters. The van der Waals surface area contributed by atoms with Crippen LogP contribution >= 0.6 is 22.6 Å². The van der Waals surface area contributed by atoms with E-state index >= 15 is 0 Å². The maximum absolute atomic E-state index is 13.0. The van der Waals surface area contributed by atoms with Gasteiger partial charge in [-0.15, -0.1) is 0 Å². The molecule has 0 fully saturated rings. The van der Waals surface area contributed by atoms with Gasteiger partial charge >= 0.3 is 0 Å². The van der Waals surface area contributed by atoms with E-state index in [1.54, 1.807) is 0 Å². The zero-order valence-electron chi connectivity index (χ0n) is 5.93. The lowest BCUT2D eigenvalue weighted by Crippen LogP contribution is -1.95. The van der Waals surface area contributed by atoms with Gasteiger partial charge in [-0.3, -0.25) is 0 Å². The molecule has 0 saturated heterocycles. The zero-order valence-corrected chi connectivity index (χ0v) is 8.09. The SMILES string of the molecule is Nc1c(F)cc(I)c2c1OCO2. The largest absolute Gasteiger partial charge is 0.452 e. The van der Waals surface area contributed by atoms with E-state index in [9.17, 15) is 4.39 Å². The molecule has 1 aromatic rings. The highest BCUT2D eigenvalue weighted by molar-refractivity contribution is 14.1. The van der Waals surface area contributed by atoms with Crippen LogP contribution in [0.25, 0.3) is 0 Å². The molecule has 2 rings (SSSR count). The Morgan fingerprint density at radius 3 is 2.83 bits per heavy atom. The van der Waals surface area contributed by atoms with Crippen molar-refractivity contribution in [2.24, 2.45) is 0 Å². The molecule has 1 aliphatic heterocycles. The fourth-order valence-electron chi connectivity index (χ4n) is 1.02. The van der Waals surface area contributed by atoms with Gasteiger partial charge in [-0.2, -0.15) is 0 Å². The molecular weight excluding hydrogens is 276 g/mol. The minimum Gasteiger partial charge on any atom is -0.452 e. The highest BCUT2D eigenvalue weighted by atomic mass is 127. The molecule has 2 N–H and O–H groups in total. The van der Waals surface area contributed by atoms with E-state index in [1.807, 2.05) is 22.6 Å². The van der Waals surface area contributed by atoms with Crippen LogP contribution in [0.3, 0.4) is 0 Å². The summed E-state index contributed by atoms with van der Waals surface area (Å²) in [5.74, 6) is 0.387. The van der Waals surface area contributed by atoms with Crippen LogP contribution in [0.15, 0.2) is 6.07 Å². The van der Waals surface area contributed by atoms with E-state index in [0.29, 0.717) is 15.1 Å². The first-order valence-electron chi connectivity index (χ1n) is 3.23. The molecule has 0 radical (unpaired) electrons. The number of nitrogens with two attached hydrogens (primary N) is 1. The second kappa shape index (κ2) is 2.65. The summed E-state index contributed by atoms with van der Waals surface area (Å²) in [6.07, 6.45) is 0. The first-order valence-corrected chi connectivity index (χ1v) is 4.31. The predicted molar refractivity (Wildman–Crippen MR) is 49.7 cm³/mol. The predicted octanol–water partition coefficient (Wildman–Crippen LogP) is 1.74. The molecule has 0 atom stereocenters. The summed E-state index contributed by atoms with van der Waals surface area (Å²) >= 11 is 1.97. The second-order valence-electron chi connectivity index (χ2n) is 2.32. The quantitative estimate of drug-likeness (QED) is 0.582. The van der Waals surface area contributed by atoms with Crippen LogP contribution in [-0.2, 0) is 0 Å². The van der Waals surface area contributed by atoms with Crippen molar-refractivity contribution in [1.29, 1.82) is 0 Å². The molecule has 0 aliphatic carbocycles. The third kappa shape index (κ3) is 0.996.